The van der Waals surface area contributed by atoms with Gasteiger partial charge in [0.1, 0.15) is 5.00 Å². The van der Waals surface area contributed by atoms with Crippen molar-refractivity contribution in [3.8, 4) is 0 Å². The minimum atomic E-state index is -0.565. The van der Waals surface area contributed by atoms with Gasteiger partial charge < -0.3 is 14.8 Å². The quantitative estimate of drug-likeness (QED) is 0.842. The molecule has 0 saturated carbocycles. The number of ether oxygens (including phenoxy) is 2. The Hall–Kier alpha value is -2.19. The number of aryl methyl sites for hydroxylation is 1. The molecule has 0 unspecified atom stereocenters. The lowest BCUT2D eigenvalue weighted by Crippen LogP contribution is -2.17. The molecule has 24 heavy (non-hydrogen) atoms. The Kier molecular flexibility index (Phi) is 4.68. The first-order chi connectivity index (χ1) is 11.6. The Morgan fingerprint density at radius 3 is 2.67 bits per heavy atom. The van der Waals surface area contributed by atoms with Gasteiger partial charge in [0.15, 0.2) is 0 Å². The number of methoxy groups -OCH3 is 2. The maximum atomic E-state index is 12.3. The van der Waals surface area contributed by atoms with Gasteiger partial charge in [-0.15, -0.1) is 22.7 Å². The number of esters is 2. The van der Waals surface area contributed by atoms with E-state index in [4.69, 9.17) is 9.47 Å². The standard InChI is InChI=1S/C16H15NO5S2/c1-21-15(19)8-5-6-9-11(8)12(16(20)22-2)14(24-9)17-13(18)10-4-3-7-23-10/h3-4,7-8H,5-6H2,1-2H3,(H,17,18)/t8-/m1/s1. The van der Waals surface area contributed by atoms with Gasteiger partial charge in [-0.1, -0.05) is 6.07 Å². The van der Waals surface area contributed by atoms with Crippen molar-refractivity contribution in [2.24, 2.45) is 0 Å². The molecular formula is C16H15NO5S2. The van der Waals surface area contributed by atoms with Crippen LogP contribution in [-0.2, 0) is 20.7 Å². The number of fused-ring (bicyclic) bond motifs is 1. The number of thiophene rings is 2. The fourth-order valence-corrected chi connectivity index (χ4v) is 4.69. The molecule has 0 aliphatic heterocycles. The summed E-state index contributed by atoms with van der Waals surface area (Å²) in [6, 6.07) is 3.48. The van der Waals surface area contributed by atoms with Crippen LogP contribution in [0.1, 0.15) is 42.8 Å². The Morgan fingerprint density at radius 1 is 1.25 bits per heavy atom. The molecule has 2 aromatic heterocycles. The lowest BCUT2D eigenvalue weighted by molar-refractivity contribution is -0.142. The maximum absolute atomic E-state index is 12.3. The molecule has 6 nitrogen and oxygen atoms in total. The molecule has 1 N–H and O–H groups in total. The summed E-state index contributed by atoms with van der Waals surface area (Å²) in [5.74, 6) is -1.73. The van der Waals surface area contributed by atoms with Crippen LogP contribution >= 0.6 is 22.7 Å². The smallest absolute Gasteiger partial charge is 0.341 e. The van der Waals surface area contributed by atoms with Crippen molar-refractivity contribution in [2.45, 2.75) is 18.8 Å². The molecule has 0 spiro atoms. The van der Waals surface area contributed by atoms with Gasteiger partial charge in [0, 0.05) is 4.88 Å². The number of carbonyl (C=O) groups is 3. The number of carbonyl (C=O) groups excluding carboxylic acids is 3. The van der Waals surface area contributed by atoms with Crippen LogP contribution in [-0.4, -0.2) is 32.1 Å². The largest absolute Gasteiger partial charge is 0.469 e. The van der Waals surface area contributed by atoms with Crippen LogP contribution in [0.15, 0.2) is 17.5 Å². The van der Waals surface area contributed by atoms with Crippen LogP contribution in [0.2, 0.25) is 0 Å². The van der Waals surface area contributed by atoms with Gasteiger partial charge >= 0.3 is 11.9 Å². The summed E-state index contributed by atoms with van der Waals surface area (Å²) in [7, 11) is 2.60. The molecule has 126 valence electrons. The van der Waals surface area contributed by atoms with E-state index in [-0.39, 0.29) is 17.4 Å². The molecule has 0 radical (unpaired) electrons. The zero-order valence-electron chi connectivity index (χ0n) is 13.1. The van der Waals surface area contributed by atoms with Crippen molar-refractivity contribution >= 4 is 45.5 Å². The molecule has 2 heterocycles. The molecule has 1 atom stereocenters. The van der Waals surface area contributed by atoms with Crippen LogP contribution in [0.4, 0.5) is 5.00 Å². The third-order valence-electron chi connectivity index (χ3n) is 3.88. The first-order valence-corrected chi connectivity index (χ1v) is 8.93. The first kappa shape index (κ1) is 16.7. The maximum Gasteiger partial charge on any atom is 0.341 e. The summed E-state index contributed by atoms with van der Waals surface area (Å²) in [4.78, 5) is 38.0. The van der Waals surface area contributed by atoms with Gasteiger partial charge in [-0.05, 0) is 29.9 Å². The SMILES string of the molecule is COC(=O)c1c(NC(=O)c2cccs2)sc2c1[C@H](C(=O)OC)CC2. The number of amides is 1. The van der Waals surface area contributed by atoms with Crippen LogP contribution < -0.4 is 5.32 Å². The zero-order chi connectivity index (χ0) is 17.3. The van der Waals surface area contributed by atoms with Gasteiger partial charge in [-0.2, -0.15) is 0 Å². The van der Waals surface area contributed by atoms with Crippen molar-refractivity contribution in [2.75, 3.05) is 19.5 Å². The predicted octanol–water partition coefficient (Wildman–Crippen LogP) is 3.05. The normalized spacial score (nSPS) is 15.7. The third-order valence-corrected chi connectivity index (χ3v) is 5.93. The van der Waals surface area contributed by atoms with Crippen molar-refractivity contribution in [1.82, 2.24) is 0 Å². The molecule has 2 aromatic rings. The minimum Gasteiger partial charge on any atom is -0.469 e. The summed E-state index contributed by atoms with van der Waals surface area (Å²) < 4.78 is 9.70. The van der Waals surface area contributed by atoms with E-state index in [1.165, 1.54) is 36.9 Å². The van der Waals surface area contributed by atoms with E-state index in [1.807, 2.05) is 0 Å². The molecule has 8 heteroatoms. The topological polar surface area (TPSA) is 81.7 Å². The lowest BCUT2D eigenvalue weighted by atomic mass is 9.99. The molecule has 1 aliphatic carbocycles. The van der Waals surface area contributed by atoms with Crippen molar-refractivity contribution < 1.29 is 23.9 Å². The molecule has 1 amide bonds. The average Bonchev–Trinajstić information content (AvgIpc) is 3.29. The highest BCUT2D eigenvalue weighted by Crippen LogP contribution is 2.46. The molecule has 0 saturated heterocycles. The highest BCUT2D eigenvalue weighted by molar-refractivity contribution is 7.17. The summed E-state index contributed by atoms with van der Waals surface area (Å²) in [6.45, 7) is 0. The molecular weight excluding hydrogens is 350 g/mol. The Balaban J connectivity index is 2.00. The van der Waals surface area contributed by atoms with E-state index < -0.39 is 11.9 Å². The monoisotopic (exact) mass is 365 g/mol. The third kappa shape index (κ3) is 2.83. The number of hydrogen-bond acceptors (Lipinski definition) is 7. The van der Waals surface area contributed by atoms with E-state index in [1.54, 1.807) is 17.5 Å². The Labute approximate surface area is 146 Å². The number of nitrogens with one attached hydrogen (secondary N) is 1. The predicted molar refractivity (Wildman–Crippen MR) is 91.0 cm³/mol. The van der Waals surface area contributed by atoms with Crippen molar-refractivity contribution in [1.29, 1.82) is 0 Å². The van der Waals surface area contributed by atoms with Gasteiger partial charge in [0.25, 0.3) is 5.91 Å². The van der Waals surface area contributed by atoms with Crippen molar-refractivity contribution in [3.05, 3.63) is 38.4 Å². The van der Waals surface area contributed by atoms with E-state index >= 15 is 0 Å². The Morgan fingerprint density at radius 2 is 2.04 bits per heavy atom. The lowest BCUT2D eigenvalue weighted by Gasteiger charge is -2.11. The van der Waals surface area contributed by atoms with E-state index in [0.29, 0.717) is 28.3 Å². The first-order valence-electron chi connectivity index (χ1n) is 7.23. The van der Waals surface area contributed by atoms with Crippen LogP contribution in [0.3, 0.4) is 0 Å². The van der Waals surface area contributed by atoms with Gasteiger partial charge in [-0.3, -0.25) is 9.59 Å². The Bertz CT molecular complexity index is 794. The van der Waals surface area contributed by atoms with Crippen LogP contribution in [0.5, 0.6) is 0 Å². The second kappa shape index (κ2) is 6.74. The fourth-order valence-electron chi connectivity index (χ4n) is 2.81. The molecule has 1 aliphatic rings. The molecule has 0 bridgehead atoms. The average molecular weight is 365 g/mol. The summed E-state index contributed by atoms with van der Waals surface area (Å²) in [5.41, 5.74) is 0.885. The highest BCUT2D eigenvalue weighted by atomic mass is 32.1. The molecule has 0 fully saturated rings. The number of anilines is 1. The van der Waals surface area contributed by atoms with Crippen molar-refractivity contribution in [3.63, 3.8) is 0 Å². The van der Waals surface area contributed by atoms with E-state index in [2.05, 4.69) is 5.32 Å². The fraction of sp³-hybridized carbons (Fsp3) is 0.312. The minimum absolute atomic E-state index is 0.260. The van der Waals surface area contributed by atoms with Gasteiger partial charge in [-0.25, -0.2) is 4.79 Å². The van der Waals surface area contributed by atoms with Crippen LogP contribution in [0.25, 0.3) is 0 Å². The highest BCUT2D eigenvalue weighted by Gasteiger charge is 2.38. The van der Waals surface area contributed by atoms with Gasteiger partial charge in [0.05, 0.1) is 30.6 Å². The second-order valence-corrected chi connectivity index (χ2v) is 7.23. The number of hydrogen-bond donors (Lipinski definition) is 1. The molecule has 3 rings (SSSR count). The molecule has 0 aromatic carbocycles. The van der Waals surface area contributed by atoms with Crippen LogP contribution in [0, 0.1) is 0 Å². The second-order valence-electron chi connectivity index (χ2n) is 5.18. The summed E-state index contributed by atoms with van der Waals surface area (Å²) >= 11 is 2.63. The summed E-state index contributed by atoms with van der Waals surface area (Å²) in [6.07, 6.45) is 1.26. The number of rotatable bonds is 4. The summed E-state index contributed by atoms with van der Waals surface area (Å²) in [5, 5.41) is 4.99. The zero-order valence-corrected chi connectivity index (χ0v) is 14.7. The van der Waals surface area contributed by atoms with E-state index in [9.17, 15) is 14.4 Å². The van der Waals surface area contributed by atoms with Gasteiger partial charge in [0.2, 0.25) is 0 Å². The van der Waals surface area contributed by atoms with E-state index in [0.717, 1.165) is 4.88 Å².